The van der Waals surface area contributed by atoms with Crippen molar-refractivity contribution in [3.63, 3.8) is 0 Å². The Hall–Kier alpha value is -3.16. The second-order valence-corrected chi connectivity index (χ2v) is 6.26. The van der Waals surface area contributed by atoms with E-state index in [4.69, 9.17) is 0 Å². The average molecular weight is 358 g/mol. The normalized spacial score (nSPS) is 16.4. The van der Waals surface area contributed by atoms with Crippen LogP contribution in [0.5, 0.6) is 0 Å². The lowest BCUT2D eigenvalue weighted by Gasteiger charge is -2.19. The van der Waals surface area contributed by atoms with Crippen molar-refractivity contribution in [1.29, 1.82) is 0 Å². The van der Waals surface area contributed by atoms with Crippen LogP contribution in [0.15, 0.2) is 42.5 Å². The number of carbonyl (C=O) groups is 1. The molecule has 0 spiro atoms. The van der Waals surface area contributed by atoms with Crippen molar-refractivity contribution in [3.05, 3.63) is 64.0 Å². The average Bonchev–Trinajstić information content (AvgIpc) is 3.05. The zero-order valence-corrected chi connectivity index (χ0v) is 14.2. The van der Waals surface area contributed by atoms with Crippen LogP contribution < -0.4 is 15.5 Å². The Morgan fingerprint density at radius 2 is 2.00 bits per heavy atom. The quantitative estimate of drug-likeness (QED) is 0.647. The Kier molecular flexibility index (Phi) is 5.01. The Labute approximate surface area is 150 Å². The van der Waals surface area contributed by atoms with Crippen molar-refractivity contribution < 1.29 is 14.1 Å². The summed E-state index contributed by atoms with van der Waals surface area (Å²) in [5.74, 6) is -0.360. The summed E-state index contributed by atoms with van der Waals surface area (Å²) in [6, 6.07) is 10.2. The summed E-state index contributed by atoms with van der Waals surface area (Å²) in [7, 11) is 0. The highest BCUT2D eigenvalue weighted by molar-refractivity contribution is 5.89. The molecule has 1 saturated heterocycles. The zero-order chi connectivity index (χ0) is 18.7. The molecule has 2 amide bonds. The number of hydrogen-bond acceptors (Lipinski definition) is 4. The van der Waals surface area contributed by atoms with Crippen molar-refractivity contribution in [3.8, 4) is 0 Å². The van der Waals surface area contributed by atoms with E-state index in [2.05, 4.69) is 15.5 Å². The third-order valence-electron chi connectivity index (χ3n) is 4.37. The molecule has 2 N–H and O–H groups in total. The van der Waals surface area contributed by atoms with Crippen molar-refractivity contribution >= 4 is 23.1 Å². The second kappa shape index (κ2) is 7.38. The molecule has 1 heterocycles. The van der Waals surface area contributed by atoms with Gasteiger partial charge in [0.2, 0.25) is 0 Å². The minimum Gasteiger partial charge on any atom is -0.369 e. The number of nitrogens with zero attached hydrogens (tertiary/aromatic N) is 2. The Balaban J connectivity index is 1.56. The van der Waals surface area contributed by atoms with Gasteiger partial charge in [-0.3, -0.25) is 10.1 Å². The lowest BCUT2D eigenvalue weighted by Crippen LogP contribution is -2.39. The lowest BCUT2D eigenvalue weighted by molar-refractivity contribution is -0.385. The van der Waals surface area contributed by atoms with Crippen LogP contribution in [0.3, 0.4) is 0 Å². The molecule has 0 aliphatic carbocycles. The predicted octanol–water partition coefficient (Wildman–Crippen LogP) is 3.44. The molecule has 1 aliphatic heterocycles. The van der Waals surface area contributed by atoms with Gasteiger partial charge in [0.15, 0.2) is 0 Å². The van der Waals surface area contributed by atoms with E-state index in [1.807, 2.05) is 0 Å². The summed E-state index contributed by atoms with van der Waals surface area (Å²) in [5.41, 5.74) is 2.13. The number of rotatable bonds is 4. The summed E-state index contributed by atoms with van der Waals surface area (Å²) in [6.07, 6.45) is 0.771. The first-order valence-corrected chi connectivity index (χ1v) is 8.25. The monoisotopic (exact) mass is 358 g/mol. The van der Waals surface area contributed by atoms with E-state index in [9.17, 15) is 19.3 Å². The van der Waals surface area contributed by atoms with E-state index in [0.29, 0.717) is 17.8 Å². The van der Waals surface area contributed by atoms with E-state index < -0.39 is 4.92 Å². The highest BCUT2D eigenvalue weighted by Crippen LogP contribution is 2.26. The summed E-state index contributed by atoms with van der Waals surface area (Å²) in [4.78, 5) is 24.7. The first-order valence-electron chi connectivity index (χ1n) is 8.25. The zero-order valence-electron chi connectivity index (χ0n) is 14.2. The van der Waals surface area contributed by atoms with Gasteiger partial charge < -0.3 is 15.5 Å². The fourth-order valence-electron chi connectivity index (χ4n) is 3.04. The summed E-state index contributed by atoms with van der Waals surface area (Å²) in [6.45, 7) is 3.08. The molecule has 0 radical (unpaired) electrons. The molecule has 2 aromatic rings. The maximum Gasteiger partial charge on any atom is 0.319 e. The number of benzene rings is 2. The number of nitro benzene ring substituents is 1. The van der Waals surface area contributed by atoms with Crippen molar-refractivity contribution in [2.75, 3.05) is 23.3 Å². The summed E-state index contributed by atoms with van der Waals surface area (Å²) < 4.78 is 12.9. The third-order valence-corrected chi connectivity index (χ3v) is 4.37. The fraction of sp³-hybridized carbons (Fsp3) is 0.278. The highest BCUT2D eigenvalue weighted by Gasteiger charge is 2.25. The predicted molar refractivity (Wildman–Crippen MR) is 97.0 cm³/mol. The fourth-order valence-corrected chi connectivity index (χ4v) is 3.04. The van der Waals surface area contributed by atoms with Crippen molar-refractivity contribution in [2.45, 2.75) is 19.4 Å². The van der Waals surface area contributed by atoms with Crippen molar-refractivity contribution in [1.82, 2.24) is 5.32 Å². The number of halogens is 1. The van der Waals surface area contributed by atoms with Gasteiger partial charge in [0.05, 0.1) is 4.92 Å². The van der Waals surface area contributed by atoms with Gasteiger partial charge in [0.25, 0.3) is 5.69 Å². The van der Waals surface area contributed by atoms with Crippen LogP contribution in [-0.2, 0) is 0 Å². The van der Waals surface area contributed by atoms with Crippen molar-refractivity contribution in [2.24, 2.45) is 0 Å². The van der Waals surface area contributed by atoms with E-state index in [-0.39, 0.29) is 23.6 Å². The van der Waals surface area contributed by atoms with Crippen LogP contribution in [-0.4, -0.2) is 30.1 Å². The standard InChI is InChI=1S/C18H19FN4O3/c1-12-10-16(6-7-17(12)23(25)26)22-9-8-15(11-22)21-18(24)20-14-4-2-13(19)3-5-14/h2-7,10,15H,8-9,11H2,1H3,(H2,20,21,24). The van der Waals surface area contributed by atoms with Gasteiger partial charge in [-0.15, -0.1) is 0 Å². The molecule has 3 rings (SSSR count). The van der Waals surface area contributed by atoms with Crippen LogP contribution in [0.25, 0.3) is 0 Å². The number of urea groups is 1. The van der Waals surface area contributed by atoms with Gasteiger partial charge in [-0.25, -0.2) is 9.18 Å². The first-order chi connectivity index (χ1) is 12.4. The van der Waals surface area contributed by atoms with Gasteiger partial charge in [-0.05, 0) is 49.7 Å². The Bertz CT molecular complexity index is 826. The van der Waals surface area contributed by atoms with E-state index in [1.54, 1.807) is 19.1 Å². The van der Waals surface area contributed by atoms with Gasteiger partial charge in [0.1, 0.15) is 5.82 Å². The molecule has 1 unspecified atom stereocenters. The Morgan fingerprint density at radius 1 is 1.27 bits per heavy atom. The van der Waals surface area contributed by atoms with Crippen LogP contribution in [0.4, 0.5) is 26.2 Å². The molecular weight excluding hydrogens is 339 g/mol. The number of aryl methyl sites for hydroxylation is 1. The van der Waals surface area contributed by atoms with Crippen LogP contribution in [0.1, 0.15) is 12.0 Å². The van der Waals surface area contributed by atoms with Gasteiger partial charge in [0, 0.05) is 42.1 Å². The molecule has 26 heavy (non-hydrogen) atoms. The topological polar surface area (TPSA) is 87.5 Å². The second-order valence-electron chi connectivity index (χ2n) is 6.26. The number of nitrogens with one attached hydrogen (secondary N) is 2. The molecular formula is C18H19FN4O3. The largest absolute Gasteiger partial charge is 0.369 e. The SMILES string of the molecule is Cc1cc(N2CCC(NC(=O)Nc3ccc(F)cc3)C2)ccc1[N+](=O)[O-]. The molecule has 2 aromatic carbocycles. The number of nitro groups is 1. The van der Waals surface area contributed by atoms with E-state index in [1.165, 1.54) is 30.3 Å². The maximum atomic E-state index is 12.9. The molecule has 8 heteroatoms. The smallest absolute Gasteiger partial charge is 0.319 e. The van der Waals surface area contributed by atoms with Crippen LogP contribution in [0, 0.1) is 22.9 Å². The molecule has 0 saturated carbocycles. The number of amides is 2. The molecule has 0 bridgehead atoms. The molecule has 7 nitrogen and oxygen atoms in total. The van der Waals surface area contributed by atoms with Crippen LogP contribution in [0.2, 0.25) is 0 Å². The molecule has 1 fully saturated rings. The van der Waals surface area contributed by atoms with Gasteiger partial charge >= 0.3 is 6.03 Å². The van der Waals surface area contributed by atoms with Gasteiger partial charge in [-0.2, -0.15) is 0 Å². The molecule has 0 aromatic heterocycles. The molecule has 136 valence electrons. The number of carbonyl (C=O) groups excluding carboxylic acids is 1. The number of hydrogen-bond donors (Lipinski definition) is 2. The minimum atomic E-state index is -0.396. The third kappa shape index (κ3) is 4.08. The van der Waals surface area contributed by atoms with E-state index in [0.717, 1.165) is 18.7 Å². The minimum absolute atomic E-state index is 0.0362. The highest BCUT2D eigenvalue weighted by atomic mass is 19.1. The lowest BCUT2D eigenvalue weighted by atomic mass is 10.1. The first kappa shape index (κ1) is 17.7. The van der Waals surface area contributed by atoms with Gasteiger partial charge in [-0.1, -0.05) is 0 Å². The molecule has 1 aliphatic rings. The van der Waals surface area contributed by atoms with E-state index >= 15 is 0 Å². The maximum absolute atomic E-state index is 12.9. The number of anilines is 2. The van der Waals surface area contributed by atoms with Crippen LogP contribution >= 0.6 is 0 Å². The molecule has 1 atom stereocenters. The summed E-state index contributed by atoms with van der Waals surface area (Å²) in [5, 5.41) is 16.5. The Morgan fingerprint density at radius 3 is 2.65 bits per heavy atom. The summed E-state index contributed by atoms with van der Waals surface area (Å²) >= 11 is 0.